The van der Waals surface area contributed by atoms with Crippen LogP contribution in [0.15, 0.2) is 35.8 Å². The number of methoxy groups -OCH3 is 1. The third kappa shape index (κ3) is 5.31. The van der Waals surface area contributed by atoms with E-state index >= 15 is 0 Å². The van der Waals surface area contributed by atoms with Gasteiger partial charge in [-0.25, -0.2) is 4.79 Å². The first-order valence-corrected chi connectivity index (χ1v) is 4.13. The van der Waals surface area contributed by atoms with Gasteiger partial charge >= 0.3 is 6.03 Å². The van der Waals surface area contributed by atoms with Crippen molar-refractivity contribution in [2.45, 2.75) is 0 Å². The van der Waals surface area contributed by atoms with E-state index in [0.717, 1.165) is 0 Å². The van der Waals surface area contributed by atoms with Crippen molar-refractivity contribution in [3.63, 3.8) is 0 Å². The first-order chi connectivity index (χ1) is 7.15. The summed E-state index contributed by atoms with van der Waals surface area (Å²) in [5.74, 6) is -0.0246. The van der Waals surface area contributed by atoms with Crippen molar-refractivity contribution in [1.29, 1.82) is 0 Å². The smallest absolute Gasteiger partial charge is 0.330 e. The molecule has 1 aliphatic rings. The number of Topliss-reactive ketones (excluding diaryl/α,β-unsaturated/α-hetero) is 1. The van der Waals surface area contributed by atoms with Crippen molar-refractivity contribution in [3.8, 4) is 0 Å². The number of rotatable bonds is 3. The molecule has 98 valence electrons. The molecule has 0 aromatic rings. The zero-order chi connectivity index (χ0) is 11.3. The average Bonchev–Trinajstić information content (AvgIpc) is 2.20. The van der Waals surface area contributed by atoms with Gasteiger partial charge in [-0.05, 0) is 12.2 Å². The molecule has 1 rings (SSSR count). The van der Waals surface area contributed by atoms with Gasteiger partial charge < -0.3 is 21.4 Å². The number of ketones is 1. The fourth-order valence-corrected chi connectivity index (χ4v) is 0.992. The van der Waals surface area contributed by atoms with E-state index in [1.54, 1.807) is 18.2 Å². The molecule has 0 radical (unpaired) electrons. The summed E-state index contributed by atoms with van der Waals surface area (Å²) in [5, 5.41) is 0. The Kier molecular flexibility index (Phi) is 8.91. The molecular formula is C9H13N3O4Pd. The fraction of sp³-hybridized carbons (Fsp3) is 0.111. The molecule has 0 unspecified atom stereocenters. The molecular weight excluding hydrogens is 321 g/mol. The Balaban J connectivity index is 0. The maximum Gasteiger partial charge on any atom is 0.330 e. The molecule has 6 N–H and O–H groups in total. The number of hydrazine groups is 1. The summed E-state index contributed by atoms with van der Waals surface area (Å²) in [5.41, 5.74) is 9.68. The molecule has 0 aliphatic heterocycles. The number of amides is 2. The number of nitrogens with two attached hydrogens (primary N) is 1. The quantitative estimate of drug-likeness (QED) is 0.344. The molecule has 0 spiro atoms. The molecule has 0 fully saturated rings. The van der Waals surface area contributed by atoms with Crippen molar-refractivity contribution >= 4 is 11.8 Å². The van der Waals surface area contributed by atoms with Crippen molar-refractivity contribution < 1.29 is 40.2 Å². The molecule has 8 heteroatoms. The van der Waals surface area contributed by atoms with Crippen LogP contribution in [0.4, 0.5) is 4.79 Å². The molecule has 0 atom stereocenters. The Hall–Kier alpha value is -1.62. The van der Waals surface area contributed by atoms with E-state index in [0.29, 0.717) is 5.57 Å². The van der Waals surface area contributed by atoms with Crippen LogP contribution in [0, 0.1) is 0 Å². The molecule has 0 aromatic heterocycles. The minimum atomic E-state index is -0.735. The zero-order valence-corrected chi connectivity index (χ0v) is 10.5. The van der Waals surface area contributed by atoms with Crippen LogP contribution >= 0.6 is 0 Å². The molecule has 7 nitrogen and oxygen atoms in total. The Morgan fingerprint density at radius 3 is 2.71 bits per heavy atom. The molecule has 1 aliphatic carbocycles. The maximum atomic E-state index is 11.5. The van der Waals surface area contributed by atoms with E-state index in [9.17, 15) is 9.59 Å². The Morgan fingerprint density at radius 2 is 2.18 bits per heavy atom. The number of hydrogen-bond donors (Lipinski definition) is 3. The Bertz CT molecular complexity index is 376. The van der Waals surface area contributed by atoms with Crippen LogP contribution in [0.5, 0.6) is 0 Å². The minimum Gasteiger partial charge on any atom is -0.493 e. The second kappa shape index (κ2) is 8.52. The van der Waals surface area contributed by atoms with E-state index in [1.165, 1.54) is 13.3 Å². The first-order valence-electron chi connectivity index (χ1n) is 4.13. The van der Waals surface area contributed by atoms with Crippen LogP contribution < -0.4 is 16.6 Å². The van der Waals surface area contributed by atoms with Gasteiger partial charge in [0.15, 0.2) is 5.76 Å². The number of carbonyl (C=O) groups is 2. The number of ether oxygens (including phenoxy) is 1. The van der Waals surface area contributed by atoms with Crippen LogP contribution in [0.25, 0.3) is 0 Å². The van der Waals surface area contributed by atoms with E-state index in [2.05, 4.69) is 10.9 Å². The van der Waals surface area contributed by atoms with Crippen molar-refractivity contribution in [1.82, 2.24) is 10.9 Å². The summed E-state index contributed by atoms with van der Waals surface area (Å²) in [7, 11) is 1.41. The average molecular weight is 334 g/mol. The third-order valence-corrected chi connectivity index (χ3v) is 1.65. The van der Waals surface area contributed by atoms with Gasteiger partial charge in [0.25, 0.3) is 0 Å². The topological polar surface area (TPSA) is 125 Å². The minimum absolute atomic E-state index is 0. The largest absolute Gasteiger partial charge is 0.493 e. The van der Waals surface area contributed by atoms with Gasteiger partial charge in [-0.3, -0.25) is 10.2 Å². The SMILES string of the molecule is COC1=CC=C/C(=C/NNC(N)=O)C1=O.O.[Pd]. The third-order valence-electron chi connectivity index (χ3n) is 1.65. The Morgan fingerprint density at radius 1 is 1.53 bits per heavy atom. The number of carbonyl (C=O) groups excluding carboxylic acids is 2. The molecule has 0 saturated heterocycles. The molecule has 0 saturated carbocycles. The summed E-state index contributed by atoms with van der Waals surface area (Å²) in [6, 6.07) is -0.735. The van der Waals surface area contributed by atoms with Gasteiger partial charge in [0.2, 0.25) is 5.78 Å². The van der Waals surface area contributed by atoms with Gasteiger partial charge in [0.05, 0.1) is 7.11 Å². The van der Waals surface area contributed by atoms with Crippen molar-refractivity contribution in [2.75, 3.05) is 7.11 Å². The molecule has 17 heavy (non-hydrogen) atoms. The van der Waals surface area contributed by atoms with Gasteiger partial charge in [-0.2, -0.15) is 0 Å². The maximum absolute atomic E-state index is 11.5. The fourth-order valence-electron chi connectivity index (χ4n) is 0.992. The molecule has 2 amide bonds. The second-order valence-electron chi connectivity index (χ2n) is 2.66. The number of hydrogen-bond acceptors (Lipinski definition) is 4. The van der Waals surface area contributed by atoms with Gasteiger partial charge in [-0.1, -0.05) is 6.08 Å². The second-order valence-corrected chi connectivity index (χ2v) is 2.66. The van der Waals surface area contributed by atoms with E-state index in [1.807, 2.05) is 0 Å². The number of primary amides is 1. The van der Waals surface area contributed by atoms with Crippen molar-refractivity contribution in [2.24, 2.45) is 5.73 Å². The molecule has 0 heterocycles. The van der Waals surface area contributed by atoms with Crippen LogP contribution in [0.1, 0.15) is 0 Å². The number of nitrogens with one attached hydrogen (secondary N) is 2. The molecule has 0 aromatic carbocycles. The predicted octanol–water partition coefficient (Wildman–Crippen LogP) is -1.11. The zero-order valence-electron chi connectivity index (χ0n) is 8.93. The number of urea groups is 1. The molecule has 0 bridgehead atoms. The standard InChI is InChI=1S/C9H11N3O3.H2O.Pd/c1-15-7-4-2-3-6(8(7)13)5-11-12-9(10)14;;/h2-5,11H,1H3,(H3,10,12,14);1H2;/b6-5-;;. The van der Waals surface area contributed by atoms with Gasteiger partial charge in [-0.15, -0.1) is 0 Å². The van der Waals surface area contributed by atoms with Crippen LogP contribution in [0.3, 0.4) is 0 Å². The van der Waals surface area contributed by atoms with Crippen molar-refractivity contribution in [3.05, 3.63) is 35.8 Å². The predicted molar refractivity (Wildman–Crippen MR) is 56.8 cm³/mol. The van der Waals surface area contributed by atoms with Crippen LogP contribution in [-0.4, -0.2) is 24.4 Å². The number of allylic oxidation sites excluding steroid dienone is 4. The van der Waals surface area contributed by atoms with E-state index < -0.39 is 6.03 Å². The summed E-state index contributed by atoms with van der Waals surface area (Å²) >= 11 is 0. The monoisotopic (exact) mass is 333 g/mol. The first kappa shape index (κ1) is 17.8. The summed E-state index contributed by atoms with van der Waals surface area (Å²) in [4.78, 5) is 21.9. The van der Waals surface area contributed by atoms with E-state index in [-0.39, 0.29) is 37.4 Å². The summed E-state index contributed by atoms with van der Waals surface area (Å²) in [6.45, 7) is 0. The summed E-state index contributed by atoms with van der Waals surface area (Å²) in [6.07, 6.45) is 6.13. The normalized spacial score (nSPS) is 15.2. The summed E-state index contributed by atoms with van der Waals surface area (Å²) < 4.78 is 4.84. The Labute approximate surface area is 112 Å². The van der Waals surface area contributed by atoms with Gasteiger partial charge in [0, 0.05) is 32.2 Å². The van der Waals surface area contributed by atoms with Crippen LogP contribution in [-0.2, 0) is 30.0 Å². The van der Waals surface area contributed by atoms with Crippen LogP contribution in [0.2, 0.25) is 0 Å². The van der Waals surface area contributed by atoms with Gasteiger partial charge in [0.1, 0.15) is 0 Å². The van der Waals surface area contributed by atoms with E-state index in [4.69, 9.17) is 10.5 Å².